The number of imidazole rings is 1. The maximum Gasteiger partial charge on any atom is 0.123 e. The van der Waals surface area contributed by atoms with E-state index >= 15 is 0 Å². The lowest BCUT2D eigenvalue weighted by atomic mass is 10.1. The molecule has 2 aromatic heterocycles. The largest absolute Gasteiger partial charge is 0.329 e. The SMILES string of the molecule is Cc1[nH]ncc1CN[C@H](Cn1cnc2ccccc21)c1ccc(F)cc1. The maximum absolute atomic E-state index is 13.3. The van der Waals surface area contributed by atoms with E-state index in [4.69, 9.17) is 0 Å². The average molecular weight is 349 g/mol. The van der Waals surface area contributed by atoms with Gasteiger partial charge in [-0.25, -0.2) is 9.37 Å². The van der Waals surface area contributed by atoms with Crippen LogP contribution >= 0.6 is 0 Å². The lowest BCUT2D eigenvalue weighted by molar-refractivity contribution is 0.466. The second-order valence-corrected chi connectivity index (χ2v) is 6.39. The zero-order chi connectivity index (χ0) is 17.9. The molecule has 5 nitrogen and oxygen atoms in total. The van der Waals surface area contributed by atoms with E-state index in [1.807, 2.05) is 49.8 Å². The van der Waals surface area contributed by atoms with E-state index in [-0.39, 0.29) is 11.9 Å². The van der Waals surface area contributed by atoms with Crippen LogP contribution in [0.3, 0.4) is 0 Å². The molecular formula is C20H20FN5. The molecule has 0 fully saturated rings. The van der Waals surface area contributed by atoms with Crippen LogP contribution in [-0.2, 0) is 13.1 Å². The van der Waals surface area contributed by atoms with Crippen molar-refractivity contribution >= 4 is 11.0 Å². The molecule has 0 aliphatic rings. The summed E-state index contributed by atoms with van der Waals surface area (Å²) in [4.78, 5) is 4.46. The first-order chi connectivity index (χ1) is 12.7. The van der Waals surface area contributed by atoms with Gasteiger partial charge in [0.2, 0.25) is 0 Å². The van der Waals surface area contributed by atoms with Crippen LogP contribution in [0.15, 0.2) is 61.1 Å². The average Bonchev–Trinajstić information content (AvgIpc) is 3.26. The standard InChI is InChI=1S/C20H20FN5/c1-14-16(11-24-25-14)10-22-19(15-6-8-17(21)9-7-15)12-26-13-23-18-4-2-3-5-20(18)26/h2-9,11,13,19,22H,10,12H2,1H3,(H,24,25)/t19-/m1/s1. The van der Waals surface area contributed by atoms with Crippen molar-refractivity contribution in [3.63, 3.8) is 0 Å². The van der Waals surface area contributed by atoms with Crippen LogP contribution in [-0.4, -0.2) is 19.7 Å². The predicted molar refractivity (Wildman–Crippen MR) is 99.0 cm³/mol. The Kier molecular flexibility index (Phi) is 4.50. The summed E-state index contributed by atoms with van der Waals surface area (Å²) in [5.74, 6) is -0.230. The lowest BCUT2D eigenvalue weighted by Gasteiger charge is -2.20. The molecule has 132 valence electrons. The summed E-state index contributed by atoms with van der Waals surface area (Å²) in [5, 5.41) is 10.6. The second kappa shape index (κ2) is 7.09. The topological polar surface area (TPSA) is 58.5 Å². The van der Waals surface area contributed by atoms with Crippen molar-refractivity contribution in [2.75, 3.05) is 0 Å². The Morgan fingerprint density at radius 2 is 1.96 bits per heavy atom. The Labute approximate surface area is 150 Å². The van der Waals surface area contributed by atoms with Gasteiger partial charge >= 0.3 is 0 Å². The molecule has 0 saturated carbocycles. The fraction of sp³-hybridized carbons (Fsp3) is 0.200. The minimum absolute atomic E-state index is 0.0162. The normalized spacial score (nSPS) is 12.5. The number of aryl methyl sites for hydroxylation is 1. The summed E-state index contributed by atoms with van der Waals surface area (Å²) in [7, 11) is 0. The Bertz CT molecular complexity index is 1000. The molecule has 0 aliphatic carbocycles. The Morgan fingerprint density at radius 3 is 2.73 bits per heavy atom. The van der Waals surface area contributed by atoms with Crippen LogP contribution in [0.1, 0.15) is 22.9 Å². The Balaban J connectivity index is 1.61. The van der Waals surface area contributed by atoms with Crippen molar-refractivity contribution in [2.24, 2.45) is 0 Å². The minimum Gasteiger partial charge on any atom is -0.329 e. The van der Waals surface area contributed by atoms with Crippen molar-refractivity contribution in [1.29, 1.82) is 0 Å². The van der Waals surface area contributed by atoms with Crippen molar-refractivity contribution in [1.82, 2.24) is 25.1 Å². The molecule has 0 amide bonds. The van der Waals surface area contributed by atoms with Gasteiger partial charge in [-0.15, -0.1) is 0 Å². The summed E-state index contributed by atoms with van der Waals surface area (Å²) in [6.07, 6.45) is 3.68. The molecule has 0 spiro atoms. The number of para-hydroxylation sites is 2. The quantitative estimate of drug-likeness (QED) is 0.557. The van der Waals surface area contributed by atoms with Crippen LogP contribution in [0.4, 0.5) is 4.39 Å². The number of hydrogen-bond acceptors (Lipinski definition) is 3. The number of rotatable bonds is 6. The van der Waals surface area contributed by atoms with Crippen molar-refractivity contribution in [2.45, 2.75) is 26.1 Å². The third-order valence-corrected chi connectivity index (χ3v) is 4.65. The lowest BCUT2D eigenvalue weighted by Crippen LogP contribution is -2.25. The second-order valence-electron chi connectivity index (χ2n) is 6.39. The van der Waals surface area contributed by atoms with Gasteiger partial charge in [0.1, 0.15) is 5.82 Å². The van der Waals surface area contributed by atoms with Crippen molar-refractivity contribution in [3.05, 3.63) is 83.7 Å². The van der Waals surface area contributed by atoms with Crippen LogP contribution in [0.5, 0.6) is 0 Å². The molecular weight excluding hydrogens is 329 g/mol. The summed E-state index contributed by atoms with van der Waals surface area (Å²) in [6.45, 7) is 3.38. The Hall–Kier alpha value is -2.99. The molecule has 0 bridgehead atoms. The van der Waals surface area contributed by atoms with Crippen molar-refractivity contribution in [3.8, 4) is 0 Å². The van der Waals surface area contributed by atoms with E-state index in [2.05, 4.69) is 31.1 Å². The number of nitrogens with zero attached hydrogens (tertiary/aromatic N) is 3. The van der Waals surface area contributed by atoms with E-state index in [1.165, 1.54) is 12.1 Å². The zero-order valence-corrected chi connectivity index (χ0v) is 14.5. The molecule has 0 aliphatic heterocycles. The van der Waals surface area contributed by atoms with E-state index in [0.717, 1.165) is 27.9 Å². The molecule has 6 heteroatoms. The first kappa shape index (κ1) is 16.5. The third kappa shape index (κ3) is 3.36. The van der Waals surface area contributed by atoms with Gasteiger partial charge in [0.15, 0.2) is 0 Å². The van der Waals surface area contributed by atoms with Crippen LogP contribution in [0.2, 0.25) is 0 Å². The first-order valence-corrected chi connectivity index (χ1v) is 8.58. The number of H-pyrrole nitrogens is 1. The van der Waals surface area contributed by atoms with Gasteiger partial charge in [0, 0.05) is 24.3 Å². The number of aromatic amines is 1. The van der Waals surface area contributed by atoms with Gasteiger partial charge in [-0.3, -0.25) is 5.10 Å². The van der Waals surface area contributed by atoms with Crippen LogP contribution < -0.4 is 5.32 Å². The van der Waals surface area contributed by atoms with Crippen molar-refractivity contribution < 1.29 is 4.39 Å². The minimum atomic E-state index is -0.230. The van der Waals surface area contributed by atoms with Gasteiger partial charge in [-0.1, -0.05) is 24.3 Å². The number of fused-ring (bicyclic) bond motifs is 1. The smallest absolute Gasteiger partial charge is 0.123 e. The number of benzene rings is 2. The molecule has 2 N–H and O–H groups in total. The molecule has 0 radical (unpaired) electrons. The molecule has 1 atom stereocenters. The van der Waals surface area contributed by atoms with Gasteiger partial charge in [-0.05, 0) is 36.8 Å². The predicted octanol–water partition coefficient (Wildman–Crippen LogP) is 3.74. The number of aromatic nitrogens is 4. The fourth-order valence-electron chi connectivity index (χ4n) is 3.12. The van der Waals surface area contributed by atoms with Gasteiger partial charge in [0.25, 0.3) is 0 Å². The molecule has 4 aromatic rings. The Morgan fingerprint density at radius 1 is 1.15 bits per heavy atom. The molecule has 2 aromatic carbocycles. The molecule has 0 unspecified atom stereocenters. The zero-order valence-electron chi connectivity index (χ0n) is 14.5. The highest BCUT2D eigenvalue weighted by molar-refractivity contribution is 5.74. The van der Waals surface area contributed by atoms with Crippen LogP contribution in [0.25, 0.3) is 11.0 Å². The van der Waals surface area contributed by atoms with E-state index in [0.29, 0.717) is 13.1 Å². The third-order valence-electron chi connectivity index (χ3n) is 4.65. The molecule has 2 heterocycles. The number of halogens is 1. The van der Waals surface area contributed by atoms with Gasteiger partial charge < -0.3 is 9.88 Å². The summed E-state index contributed by atoms with van der Waals surface area (Å²) < 4.78 is 15.5. The van der Waals surface area contributed by atoms with E-state index in [9.17, 15) is 4.39 Å². The maximum atomic E-state index is 13.3. The van der Waals surface area contributed by atoms with E-state index < -0.39 is 0 Å². The monoisotopic (exact) mass is 349 g/mol. The number of hydrogen-bond donors (Lipinski definition) is 2. The molecule has 4 rings (SSSR count). The highest BCUT2D eigenvalue weighted by Crippen LogP contribution is 2.20. The summed E-state index contributed by atoms with van der Waals surface area (Å²) >= 11 is 0. The molecule has 0 saturated heterocycles. The van der Waals surface area contributed by atoms with Crippen LogP contribution in [0, 0.1) is 12.7 Å². The highest BCUT2D eigenvalue weighted by atomic mass is 19.1. The summed E-state index contributed by atoms with van der Waals surface area (Å²) in [5.41, 5.74) is 5.25. The fourth-order valence-corrected chi connectivity index (χ4v) is 3.12. The van der Waals surface area contributed by atoms with E-state index in [1.54, 1.807) is 0 Å². The first-order valence-electron chi connectivity index (χ1n) is 8.58. The summed E-state index contributed by atoms with van der Waals surface area (Å²) in [6, 6.07) is 14.7. The highest BCUT2D eigenvalue weighted by Gasteiger charge is 2.15. The van der Waals surface area contributed by atoms with Gasteiger partial charge in [-0.2, -0.15) is 5.10 Å². The number of nitrogens with one attached hydrogen (secondary N) is 2. The molecule has 26 heavy (non-hydrogen) atoms. The van der Waals surface area contributed by atoms with Gasteiger partial charge in [0.05, 0.1) is 29.6 Å².